The number of carbonyl (C=O) groups excluding carboxylic acids is 4. The summed E-state index contributed by atoms with van der Waals surface area (Å²) >= 11 is 1.81. The number of morpholine rings is 1. The molecule has 3 N–H and O–H groups in total. The van der Waals surface area contributed by atoms with E-state index >= 15 is 0 Å². The average molecular weight is 817 g/mol. The monoisotopic (exact) mass is 816 g/mol. The number of amides is 3. The van der Waals surface area contributed by atoms with E-state index < -0.39 is 65.9 Å². The lowest BCUT2D eigenvalue weighted by molar-refractivity contribution is -0.149. The Labute approximate surface area is 326 Å². The average Bonchev–Trinajstić information content (AvgIpc) is 3.63. The van der Waals surface area contributed by atoms with Crippen molar-refractivity contribution in [2.75, 3.05) is 33.9 Å². The van der Waals surface area contributed by atoms with E-state index in [1.807, 2.05) is 32.7 Å². The number of nitrogens with zero attached hydrogens (tertiary/aromatic N) is 4. The van der Waals surface area contributed by atoms with Crippen LogP contribution in [-0.4, -0.2) is 113 Å². The standard InChI is InChI=1S/C36H51F3N6O8S2/c1-18(2)25(45(7)34(49)30(20(4)22-8-9-22)43-32(48)26-15-52-11-10-44(26)6)14-27(53-21(5)46)33-41-24(16-55-33)31(47)40-23(12-19(3)35(50)51)13-29-42-28(17-54-29)36(37,38)39/h16-20,22-23,25-27,30H,8-15H2,1-7H3,(H,40,47)(H,43,48)(H,50,51)/t19-,20-,23+,25+,26+,27+,30-/m0/s1. The van der Waals surface area contributed by atoms with Gasteiger partial charge in [-0.2, -0.15) is 13.2 Å². The van der Waals surface area contributed by atoms with Crippen LogP contribution in [0.5, 0.6) is 0 Å². The highest BCUT2D eigenvalue weighted by Gasteiger charge is 2.42. The van der Waals surface area contributed by atoms with Gasteiger partial charge in [-0.05, 0) is 44.1 Å². The summed E-state index contributed by atoms with van der Waals surface area (Å²) in [4.78, 5) is 76.7. The largest absolute Gasteiger partial charge is 0.481 e. The van der Waals surface area contributed by atoms with E-state index in [-0.39, 0.29) is 65.2 Å². The topological polar surface area (TPSA) is 180 Å². The summed E-state index contributed by atoms with van der Waals surface area (Å²) in [6.07, 6.45) is -3.80. The zero-order chi connectivity index (χ0) is 40.8. The fourth-order valence-corrected chi connectivity index (χ4v) is 8.39. The Morgan fingerprint density at radius 2 is 1.76 bits per heavy atom. The summed E-state index contributed by atoms with van der Waals surface area (Å²) in [6, 6.07) is -2.71. The molecule has 14 nitrogen and oxygen atoms in total. The van der Waals surface area contributed by atoms with E-state index in [1.165, 1.54) is 19.2 Å². The molecule has 2 aliphatic rings. The fourth-order valence-electron chi connectivity index (χ4n) is 6.67. The van der Waals surface area contributed by atoms with Crippen molar-refractivity contribution in [2.24, 2.45) is 23.7 Å². The number of likely N-dealkylation sites (N-methyl/N-ethyl adjacent to an activating group) is 2. The number of ether oxygens (including phenoxy) is 2. The number of alkyl halides is 3. The smallest absolute Gasteiger partial charge is 0.434 e. The van der Waals surface area contributed by atoms with Crippen molar-refractivity contribution in [3.05, 3.63) is 32.2 Å². The summed E-state index contributed by atoms with van der Waals surface area (Å²) in [5.74, 6) is -3.92. The molecule has 0 radical (unpaired) electrons. The molecule has 19 heteroatoms. The minimum Gasteiger partial charge on any atom is -0.481 e. The Bertz CT molecular complexity index is 1670. The number of hydrogen-bond donors (Lipinski definition) is 3. The van der Waals surface area contributed by atoms with Crippen LogP contribution in [0.3, 0.4) is 0 Å². The molecule has 2 fully saturated rings. The van der Waals surface area contributed by atoms with Crippen LogP contribution in [0.1, 0.15) is 92.6 Å². The molecule has 0 unspecified atom stereocenters. The molecular weight excluding hydrogens is 766 g/mol. The number of hydrogen-bond acceptors (Lipinski definition) is 12. The lowest BCUT2D eigenvalue weighted by Gasteiger charge is -2.38. The Balaban J connectivity index is 1.52. The molecule has 55 heavy (non-hydrogen) atoms. The molecule has 0 aromatic carbocycles. The van der Waals surface area contributed by atoms with E-state index in [2.05, 4.69) is 20.6 Å². The van der Waals surface area contributed by atoms with Gasteiger partial charge in [0.2, 0.25) is 11.8 Å². The number of rotatable bonds is 18. The van der Waals surface area contributed by atoms with Crippen LogP contribution in [-0.2, 0) is 41.2 Å². The quantitative estimate of drug-likeness (QED) is 0.182. The van der Waals surface area contributed by atoms with Gasteiger partial charge in [0.1, 0.15) is 22.8 Å². The number of carboxylic acid groups (broad SMARTS) is 1. The fraction of sp³-hybridized carbons (Fsp3) is 0.694. The highest BCUT2D eigenvalue weighted by molar-refractivity contribution is 7.10. The van der Waals surface area contributed by atoms with Gasteiger partial charge < -0.3 is 30.1 Å². The number of carboxylic acids is 1. The van der Waals surface area contributed by atoms with Gasteiger partial charge in [0.05, 0.1) is 24.1 Å². The molecule has 1 aliphatic carbocycles. The van der Waals surface area contributed by atoms with Crippen LogP contribution in [0.25, 0.3) is 0 Å². The molecule has 0 spiro atoms. The van der Waals surface area contributed by atoms with E-state index in [9.17, 15) is 42.3 Å². The molecular formula is C36H51F3N6O8S2. The molecule has 3 heterocycles. The predicted octanol–water partition coefficient (Wildman–Crippen LogP) is 4.41. The van der Waals surface area contributed by atoms with Crippen LogP contribution in [0.4, 0.5) is 13.2 Å². The van der Waals surface area contributed by atoms with Crippen molar-refractivity contribution in [1.82, 2.24) is 30.4 Å². The Morgan fingerprint density at radius 1 is 1.07 bits per heavy atom. The summed E-state index contributed by atoms with van der Waals surface area (Å²) in [5, 5.41) is 17.9. The molecule has 4 rings (SSSR count). The van der Waals surface area contributed by atoms with Crippen LogP contribution < -0.4 is 10.6 Å². The van der Waals surface area contributed by atoms with Crippen molar-refractivity contribution in [3.63, 3.8) is 0 Å². The maximum absolute atomic E-state index is 14.3. The second kappa shape index (κ2) is 19.0. The maximum atomic E-state index is 14.3. The van der Waals surface area contributed by atoms with Crippen molar-refractivity contribution < 1.29 is 51.7 Å². The minimum absolute atomic E-state index is 0.0662. The third-order valence-corrected chi connectivity index (χ3v) is 12.0. The Morgan fingerprint density at radius 3 is 2.33 bits per heavy atom. The summed E-state index contributed by atoms with van der Waals surface area (Å²) in [6.45, 7) is 9.80. The lowest BCUT2D eigenvalue weighted by Crippen LogP contribution is -2.59. The third kappa shape index (κ3) is 12.2. The van der Waals surface area contributed by atoms with Crippen LogP contribution in [0.15, 0.2) is 10.8 Å². The van der Waals surface area contributed by atoms with Crippen molar-refractivity contribution in [3.8, 4) is 0 Å². The molecule has 3 amide bonds. The van der Waals surface area contributed by atoms with Crippen molar-refractivity contribution in [2.45, 2.75) is 103 Å². The van der Waals surface area contributed by atoms with Gasteiger partial charge in [-0.1, -0.05) is 27.7 Å². The van der Waals surface area contributed by atoms with Gasteiger partial charge in [-0.25, -0.2) is 9.97 Å². The summed E-state index contributed by atoms with van der Waals surface area (Å²) < 4.78 is 50.8. The molecule has 1 aliphatic heterocycles. The first-order chi connectivity index (χ1) is 25.8. The number of carbonyl (C=O) groups is 5. The summed E-state index contributed by atoms with van der Waals surface area (Å²) in [7, 11) is 3.50. The highest BCUT2D eigenvalue weighted by atomic mass is 32.1. The van der Waals surface area contributed by atoms with Crippen LogP contribution in [0.2, 0.25) is 0 Å². The zero-order valence-electron chi connectivity index (χ0n) is 32.1. The summed E-state index contributed by atoms with van der Waals surface area (Å²) in [5.41, 5.74) is -1.14. The number of nitrogens with one attached hydrogen (secondary N) is 2. The number of thiazole rings is 2. The normalized spacial score (nSPS) is 19.8. The third-order valence-electron chi connectivity index (χ3n) is 10.2. The molecule has 7 atom stereocenters. The Hall–Kier alpha value is -3.68. The molecule has 2 aromatic rings. The Kier molecular flexibility index (Phi) is 15.2. The zero-order valence-corrected chi connectivity index (χ0v) is 33.7. The van der Waals surface area contributed by atoms with Crippen molar-refractivity contribution >= 4 is 52.3 Å². The molecule has 2 aromatic heterocycles. The van der Waals surface area contributed by atoms with E-state index in [1.54, 1.807) is 11.9 Å². The number of esters is 1. The molecule has 1 saturated heterocycles. The number of aliphatic carboxylic acids is 1. The predicted molar refractivity (Wildman–Crippen MR) is 197 cm³/mol. The number of aromatic nitrogens is 2. The molecule has 306 valence electrons. The van der Waals surface area contributed by atoms with Crippen molar-refractivity contribution in [1.29, 1.82) is 0 Å². The van der Waals surface area contributed by atoms with Gasteiger partial charge in [-0.15, -0.1) is 22.7 Å². The first-order valence-corrected chi connectivity index (χ1v) is 20.1. The highest BCUT2D eigenvalue weighted by Crippen LogP contribution is 2.39. The van der Waals surface area contributed by atoms with Gasteiger partial charge >= 0.3 is 18.1 Å². The van der Waals surface area contributed by atoms with E-state index in [0.29, 0.717) is 19.1 Å². The van der Waals surface area contributed by atoms with Gasteiger partial charge in [0.25, 0.3) is 5.91 Å². The lowest BCUT2D eigenvalue weighted by atomic mass is 9.91. The molecule has 1 saturated carbocycles. The van der Waals surface area contributed by atoms with Gasteiger partial charge in [0, 0.05) is 56.2 Å². The molecule has 0 bridgehead atoms. The first kappa shape index (κ1) is 44.0. The van der Waals surface area contributed by atoms with Gasteiger partial charge in [-0.3, -0.25) is 28.9 Å². The van der Waals surface area contributed by atoms with Crippen LogP contribution in [0, 0.1) is 23.7 Å². The first-order valence-electron chi connectivity index (χ1n) is 18.3. The van der Waals surface area contributed by atoms with E-state index in [0.717, 1.165) is 40.9 Å². The van der Waals surface area contributed by atoms with Crippen LogP contribution >= 0.6 is 22.7 Å². The van der Waals surface area contributed by atoms with Gasteiger partial charge in [0.15, 0.2) is 11.8 Å². The second-order valence-electron chi connectivity index (χ2n) is 14.9. The maximum Gasteiger partial charge on any atom is 0.434 e. The SMILES string of the molecule is CC(=O)O[C@H](C[C@H](C(C)C)N(C)C(=O)[C@@H](NC(=O)[C@H]1COCCN1C)[C@@H](C)C1CC1)c1nc(C(=O)N[C@@H](Cc2nc(C(F)(F)F)cs2)C[C@H](C)C(=O)O)cs1. The minimum atomic E-state index is -4.65. The number of halogens is 3. The second-order valence-corrected chi connectivity index (χ2v) is 16.7. The van der Waals surface area contributed by atoms with E-state index in [4.69, 9.17) is 9.47 Å².